The maximum absolute atomic E-state index is 16.4. The summed E-state index contributed by atoms with van der Waals surface area (Å²) in [4.78, 5) is 164. The van der Waals surface area contributed by atoms with E-state index < -0.39 is 283 Å². The number of anilines is 1. The van der Waals surface area contributed by atoms with Gasteiger partial charge in [-0.1, -0.05) is 67.4 Å². The van der Waals surface area contributed by atoms with Crippen LogP contribution in [0.2, 0.25) is 10.0 Å². The minimum absolute atomic E-state index is 0.107. The lowest BCUT2D eigenvalue weighted by Crippen LogP contribution is -2.65. The Balaban J connectivity index is 0.980. The molecule has 0 aliphatic carbocycles. The highest BCUT2D eigenvalue weighted by molar-refractivity contribution is 6.32. The second kappa shape index (κ2) is 41.9. The lowest BCUT2D eigenvalue weighted by molar-refractivity contribution is -0.334. The Hall–Kier alpha value is -12.6. The van der Waals surface area contributed by atoms with Gasteiger partial charge in [-0.3, -0.25) is 63.4 Å². The third kappa shape index (κ3) is 23.3. The van der Waals surface area contributed by atoms with Crippen LogP contribution in [0.15, 0.2) is 120 Å². The topological polar surface area (TPSA) is 620 Å². The van der Waals surface area contributed by atoms with E-state index in [0.29, 0.717) is 5.56 Å². The molecule has 7 aliphatic heterocycles. The van der Waals surface area contributed by atoms with Crippen LogP contribution in [0.25, 0.3) is 11.1 Å². The molecule has 18 atom stereocenters. The zero-order chi connectivity index (χ0) is 95.8. The third-order valence-electron chi connectivity index (χ3n) is 22.2. The van der Waals surface area contributed by atoms with Crippen molar-refractivity contribution in [1.82, 2.24) is 62.9 Å². The maximum Gasteiger partial charge on any atom is 0.573 e. The summed E-state index contributed by atoms with van der Waals surface area (Å²) in [6.45, 7) is 5.16. The van der Waals surface area contributed by atoms with Crippen LogP contribution >= 0.6 is 23.2 Å². The number of hydrogen-bond donors (Lipinski definition) is 21. The van der Waals surface area contributed by atoms with Crippen molar-refractivity contribution in [2.24, 2.45) is 11.7 Å². The number of aromatic hydroxyl groups is 3. The van der Waals surface area contributed by atoms with Crippen molar-refractivity contribution < 1.29 is 145 Å². The average molecular weight is 1890 g/mol. The van der Waals surface area contributed by atoms with Crippen LogP contribution in [0, 0.1) is 5.92 Å². The van der Waals surface area contributed by atoms with E-state index in [1.54, 1.807) is 20.8 Å². The summed E-state index contributed by atoms with van der Waals surface area (Å²) in [6.07, 6.45) is -24.4. The summed E-state index contributed by atoms with van der Waals surface area (Å²) in [5.74, 6) is -18.5. The van der Waals surface area contributed by atoms with Crippen LogP contribution in [0.1, 0.15) is 117 Å². The highest BCUT2D eigenvalue weighted by atomic mass is 35.5. The highest BCUT2D eigenvalue weighted by Gasteiger charge is 2.53. The van der Waals surface area contributed by atoms with E-state index in [9.17, 15) is 87.9 Å². The number of halogens is 5. The molecule has 42 nitrogen and oxygen atoms in total. The van der Waals surface area contributed by atoms with E-state index in [2.05, 4.69) is 68.4 Å². The van der Waals surface area contributed by atoms with Crippen LogP contribution in [-0.4, -0.2) is 234 Å². The first-order valence-electron chi connectivity index (χ1n) is 41.0. The molecule has 1 unspecified atom stereocenters. The SMILES string of the molecule is CN[C@H](CC(C)C)C(=O)N[C@H]1C(=O)N[C@@H](CC(N)=O)C(=O)N[C@H]2C(=O)N[C@H]3C(=O)N[C@H](C(=O)N[C@@H](C(=O)NNC(=O)CCOC)c4cc(O)cc(O)c4-c4cc3ccc4O)[C@H](O)c3ccc(c(Cl)c3)Oc3cc2cc(c3OC2O[C@H](CO)[C@@H](O)[C@H](O)[C@H]2O[C@H]2C[C@@](C)(NCCn3ccc(NC(=O)Cc4ccc(OC(F)(F)F)cc4)nc3=O)[C@H](O)[C@H](C)O2)Oc2ccc(cc2Cl)[C@H]1O. The number of nitrogens with one attached hydrogen (secondary N) is 11. The first-order chi connectivity index (χ1) is 62.5. The first-order valence-corrected chi connectivity index (χ1v) is 41.8. The number of nitrogens with zero attached hydrogens (tertiary/aromatic N) is 2. The number of fused-ring (bicyclic) bond motifs is 15. The number of primary amides is 1. The Morgan fingerprint density at radius 2 is 1.36 bits per heavy atom. The summed E-state index contributed by atoms with van der Waals surface area (Å²) in [7, 11) is 2.74. The standard InChI is InChI=1S/C85H95Cl2F3N14O28/c1-35(2)23-48(92-5)75(117)100-66-68(112)39-10-15-52(46(86)26-39)127-54-28-41-29-55(72(54)131-82-73(71(115)70(114)56(34-105)129-82)130-61-33-84(4,74(116)36(3)126-61)93-19-21-104-20-17-58(96-83(104)124)95-60(111)24-37-7-12-43(13-8-37)132-85(88,89)90)128-53-16-11-40(27-47(53)87)69(113)67-80(122)99-65(81(123)103-102-59(110)18-22-125-6)45-30-42(106)31-51(108)62(45)44-25-38(9-14-50(44)107)63(77(119)101-67)98-78(120)64(41)97-76(118)49(32-57(91)109)94-79(66)121/h7-17,20,25-31,35-36,48-49,56,61,63-71,73-74,82,92-93,105-108,112-116H,18-19,21-24,32-34H2,1-6H3,(H2,91,109)(H,94,121)(H,97,118)(H,98,120)(H,99,122)(H,100,117)(H,101,119)(H,102,110)(H,103,123)(H,95,96,111,124)/t36-,48+,49-,56+,61-,63+,64+,65+,66+,67-,68+,69+,70+,71-,73+,74+,82?,84+/m0/s1. The average Bonchev–Trinajstić information content (AvgIpc) is 0.766. The third-order valence-corrected chi connectivity index (χ3v) is 22.7. The molecule has 14 rings (SSSR count). The maximum atomic E-state index is 16.4. The molecule has 0 radical (unpaired) electrons. The number of carbonyl (C=O) groups excluding carboxylic acids is 10. The van der Waals surface area contributed by atoms with Crippen molar-refractivity contribution in [1.29, 1.82) is 0 Å². The quantitative estimate of drug-likeness (QED) is 0.0378. The van der Waals surface area contributed by atoms with Crippen molar-refractivity contribution in [3.8, 4) is 62.9 Å². The minimum atomic E-state index is -4.95. The monoisotopic (exact) mass is 1890 g/mol. The number of carbonyl (C=O) groups is 10. The van der Waals surface area contributed by atoms with Gasteiger partial charge in [-0.05, 0) is 139 Å². The van der Waals surface area contributed by atoms with E-state index in [-0.39, 0.29) is 68.2 Å². The van der Waals surface area contributed by atoms with Crippen LogP contribution in [0.3, 0.4) is 0 Å². The fraction of sp³-hybridized carbons (Fsp3) is 0.412. The molecule has 6 aromatic carbocycles. The molecule has 1 aromatic heterocycles. The summed E-state index contributed by atoms with van der Waals surface area (Å²) in [5, 5.41) is 129. The van der Waals surface area contributed by atoms with E-state index in [0.717, 1.165) is 89.5 Å². The summed E-state index contributed by atoms with van der Waals surface area (Å²) < 4.78 is 87.6. The van der Waals surface area contributed by atoms with E-state index >= 15 is 24.0 Å². The molecule has 47 heteroatoms. The van der Waals surface area contributed by atoms with Gasteiger partial charge in [0, 0.05) is 55.5 Å². The summed E-state index contributed by atoms with van der Waals surface area (Å²) in [5.41, 5.74) is 4.99. The number of aromatic nitrogens is 2. The number of benzene rings is 6. The van der Waals surface area contributed by atoms with Crippen LogP contribution < -0.4 is 89.1 Å². The second-order valence-corrected chi connectivity index (χ2v) is 33.0. The molecular weight excluding hydrogens is 1790 g/mol. The molecular formula is C85H95Cl2F3N14O28. The van der Waals surface area contributed by atoms with Crippen LogP contribution in [0.5, 0.6) is 51.7 Å². The minimum Gasteiger partial charge on any atom is -0.508 e. The number of alkyl halides is 3. The molecule has 708 valence electrons. The smallest absolute Gasteiger partial charge is 0.508 e. The highest BCUT2D eigenvalue weighted by Crippen LogP contribution is 2.50. The largest absolute Gasteiger partial charge is 0.573 e. The Labute approximate surface area is 757 Å². The van der Waals surface area contributed by atoms with Crippen LogP contribution in [0.4, 0.5) is 19.0 Å². The van der Waals surface area contributed by atoms with Gasteiger partial charge in [-0.25, -0.2) is 4.79 Å². The van der Waals surface area contributed by atoms with Crippen molar-refractivity contribution in [3.05, 3.63) is 169 Å². The zero-order valence-electron chi connectivity index (χ0n) is 70.9. The Bertz CT molecular complexity index is 5590. The lowest BCUT2D eigenvalue weighted by Gasteiger charge is -2.48. The molecule has 0 spiro atoms. The molecule has 22 N–H and O–H groups in total. The molecule has 2 saturated heterocycles. The number of hydrazine groups is 1. The predicted molar refractivity (Wildman–Crippen MR) is 452 cm³/mol. The Morgan fingerprint density at radius 1 is 0.720 bits per heavy atom. The van der Waals surface area contributed by atoms with E-state index in [1.165, 1.54) is 51.5 Å². The molecule has 0 saturated carbocycles. The van der Waals surface area contributed by atoms with Crippen LogP contribution in [-0.2, 0) is 79.9 Å². The van der Waals surface area contributed by atoms with Gasteiger partial charge >= 0.3 is 12.1 Å². The number of hydrogen-bond acceptors (Lipinski definition) is 31. The second-order valence-electron chi connectivity index (χ2n) is 32.2. The molecule has 7 aliphatic rings. The summed E-state index contributed by atoms with van der Waals surface area (Å²) in [6, 6.07) is 4.47. The van der Waals surface area contributed by atoms with Gasteiger partial charge in [0.1, 0.15) is 107 Å². The number of methoxy groups -OCH3 is 1. The predicted octanol–water partition coefficient (Wildman–Crippen LogP) is 1.17. The zero-order valence-corrected chi connectivity index (χ0v) is 72.4. The lowest BCUT2D eigenvalue weighted by atomic mass is 9.85. The molecule has 8 heterocycles. The number of likely N-dealkylation sites (N-methyl/N-ethyl adjacent to an activating group) is 1. The van der Waals surface area contributed by atoms with Gasteiger partial charge in [0.2, 0.25) is 65.2 Å². The normalized spacial score (nSPS) is 25.2. The van der Waals surface area contributed by atoms with E-state index in [4.69, 9.17) is 62.1 Å². The number of amides is 10. The van der Waals surface area contributed by atoms with Gasteiger partial charge < -0.3 is 137 Å². The number of phenols is 3. The fourth-order valence-electron chi connectivity index (χ4n) is 15.4. The Morgan fingerprint density at radius 3 is 1.98 bits per heavy atom. The summed E-state index contributed by atoms with van der Waals surface area (Å²) >= 11 is 14.4. The van der Waals surface area contributed by atoms with Gasteiger partial charge in [0.25, 0.3) is 5.91 Å². The van der Waals surface area contributed by atoms with Gasteiger partial charge in [-0.15, -0.1) is 13.2 Å². The van der Waals surface area contributed by atoms with Crippen molar-refractivity contribution >= 4 is 88.1 Å². The van der Waals surface area contributed by atoms with E-state index in [1.807, 2.05) is 0 Å². The van der Waals surface area contributed by atoms with Gasteiger partial charge in [0.05, 0.1) is 60.8 Å². The number of nitrogens with two attached hydrogens (primary N) is 1. The number of aliphatic hydroxyl groups excluding tert-OH is 6. The Kier molecular flexibility index (Phi) is 31.2. The van der Waals surface area contributed by atoms with Crippen molar-refractivity contribution in [3.63, 3.8) is 0 Å². The number of aliphatic hydroxyl groups is 6. The first kappa shape index (κ1) is 98.4. The molecule has 11 bridgehead atoms. The number of ether oxygens (including phenoxy) is 8. The molecule has 2 fully saturated rings. The fourth-order valence-corrected chi connectivity index (χ4v) is 15.9. The number of phenolic OH excluding ortho intramolecular Hbond substituents is 3. The molecule has 7 aromatic rings. The van der Waals surface area contributed by atoms with Gasteiger partial charge in [0.15, 0.2) is 23.9 Å². The number of rotatable bonds is 24. The van der Waals surface area contributed by atoms with Crippen molar-refractivity contribution in [2.45, 2.75) is 182 Å². The molecule has 132 heavy (non-hydrogen) atoms. The van der Waals surface area contributed by atoms with Crippen molar-refractivity contribution in [2.75, 3.05) is 39.2 Å². The van der Waals surface area contributed by atoms with Gasteiger partial charge in [-0.2, -0.15) is 4.98 Å². The molecule has 10 amide bonds.